The van der Waals surface area contributed by atoms with Gasteiger partial charge < -0.3 is 5.32 Å². The molecule has 1 N–H and O–H groups in total. The SMILES string of the molecule is O=C(Nc1ccc(C(F)(F)F)c(-c2ccccn2)c1)[C@@H]1CC1(F)F. The highest BCUT2D eigenvalue weighted by molar-refractivity contribution is 5.96. The van der Waals surface area contributed by atoms with Gasteiger partial charge in [0.2, 0.25) is 5.91 Å². The predicted octanol–water partition coefficient (Wildman–Crippen LogP) is 4.36. The maximum atomic E-state index is 13.2. The smallest absolute Gasteiger partial charge is 0.326 e. The minimum absolute atomic E-state index is 0.0105. The summed E-state index contributed by atoms with van der Waals surface area (Å²) in [6.45, 7) is 0. The van der Waals surface area contributed by atoms with E-state index in [0.29, 0.717) is 0 Å². The number of anilines is 1. The zero-order valence-electron chi connectivity index (χ0n) is 12.1. The average molecular weight is 342 g/mol. The number of nitrogens with one attached hydrogen (secondary N) is 1. The summed E-state index contributed by atoms with van der Waals surface area (Å²) in [5.41, 5.74) is -1.08. The van der Waals surface area contributed by atoms with Gasteiger partial charge >= 0.3 is 6.18 Å². The van der Waals surface area contributed by atoms with Gasteiger partial charge in [0.25, 0.3) is 5.92 Å². The van der Waals surface area contributed by atoms with Crippen molar-refractivity contribution in [2.24, 2.45) is 5.92 Å². The van der Waals surface area contributed by atoms with Crippen LogP contribution < -0.4 is 5.32 Å². The second-order valence-corrected chi connectivity index (χ2v) is 5.48. The Hall–Kier alpha value is -2.51. The molecular weight excluding hydrogens is 331 g/mol. The summed E-state index contributed by atoms with van der Waals surface area (Å²) < 4.78 is 65.3. The zero-order valence-corrected chi connectivity index (χ0v) is 12.1. The third-order valence-electron chi connectivity index (χ3n) is 3.68. The molecule has 1 aliphatic rings. The van der Waals surface area contributed by atoms with E-state index in [1.54, 1.807) is 6.07 Å². The van der Waals surface area contributed by atoms with Gasteiger partial charge in [0, 0.05) is 23.9 Å². The first-order valence-electron chi connectivity index (χ1n) is 7.00. The molecule has 8 heteroatoms. The minimum atomic E-state index is -4.61. The highest BCUT2D eigenvalue weighted by Crippen LogP contribution is 2.49. The number of alkyl halides is 5. The fourth-order valence-corrected chi connectivity index (χ4v) is 2.33. The molecule has 1 atom stereocenters. The van der Waals surface area contributed by atoms with Crippen LogP contribution in [0.3, 0.4) is 0 Å². The van der Waals surface area contributed by atoms with Crippen molar-refractivity contribution in [3.05, 3.63) is 48.2 Å². The molecular formula is C16H11F5N2O. The number of nitrogens with zero attached hydrogens (tertiary/aromatic N) is 1. The second kappa shape index (κ2) is 5.54. The highest BCUT2D eigenvalue weighted by atomic mass is 19.4. The Balaban J connectivity index is 1.94. The number of benzene rings is 1. The highest BCUT2D eigenvalue weighted by Gasteiger charge is 2.61. The van der Waals surface area contributed by atoms with E-state index in [2.05, 4.69) is 10.3 Å². The van der Waals surface area contributed by atoms with Crippen molar-refractivity contribution >= 4 is 11.6 Å². The number of carbonyl (C=O) groups is 1. The fourth-order valence-electron chi connectivity index (χ4n) is 2.33. The molecule has 3 rings (SSSR count). The van der Waals surface area contributed by atoms with E-state index in [0.717, 1.165) is 18.2 Å². The van der Waals surface area contributed by atoms with Crippen molar-refractivity contribution in [1.29, 1.82) is 0 Å². The molecule has 1 amide bonds. The molecule has 0 unspecified atom stereocenters. The number of amides is 1. The van der Waals surface area contributed by atoms with Crippen molar-refractivity contribution in [2.75, 3.05) is 5.32 Å². The third-order valence-corrected chi connectivity index (χ3v) is 3.68. The van der Waals surface area contributed by atoms with Crippen LogP contribution in [0.25, 0.3) is 11.3 Å². The van der Waals surface area contributed by atoms with E-state index in [1.165, 1.54) is 18.3 Å². The summed E-state index contributed by atoms with van der Waals surface area (Å²) in [4.78, 5) is 15.6. The quantitative estimate of drug-likeness (QED) is 0.842. The molecule has 1 saturated carbocycles. The van der Waals surface area contributed by atoms with Gasteiger partial charge in [-0.3, -0.25) is 9.78 Å². The Kier molecular flexibility index (Phi) is 3.77. The van der Waals surface area contributed by atoms with E-state index in [1.807, 2.05) is 0 Å². The molecule has 126 valence electrons. The lowest BCUT2D eigenvalue weighted by molar-refractivity contribution is -0.137. The molecule has 0 bridgehead atoms. The molecule has 1 fully saturated rings. The molecule has 0 spiro atoms. The first-order chi connectivity index (χ1) is 11.2. The van der Waals surface area contributed by atoms with Crippen LogP contribution in [0, 0.1) is 5.92 Å². The van der Waals surface area contributed by atoms with E-state index in [9.17, 15) is 26.7 Å². The lowest BCUT2D eigenvalue weighted by atomic mass is 10.0. The summed E-state index contributed by atoms with van der Waals surface area (Å²) in [6, 6.07) is 7.39. The zero-order chi connectivity index (χ0) is 17.5. The van der Waals surface area contributed by atoms with Crippen molar-refractivity contribution in [3.8, 4) is 11.3 Å². The van der Waals surface area contributed by atoms with Gasteiger partial charge in [-0.05, 0) is 30.3 Å². The molecule has 0 radical (unpaired) electrons. The first kappa shape index (κ1) is 16.4. The maximum Gasteiger partial charge on any atom is 0.417 e. The molecule has 0 saturated heterocycles. The fraction of sp³-hybridized carbons (Fsp3) is 0.250. The lowest BCUT2D eigenvalue weighted by Gasteiger charge is -2.14. The minimum Gasteiger partial charge on any atom is -0.326 e. The number of hydrogen-bond acceptors (Lipinski definition) is 2. The Morgan fingerprint density at radius 3 is 2.46 bits per heavy atom. The molecule has 1 aromatic heterocycles. The topological polar surface area (TPSA) is 42.0 Å². The van der Waals surface area contributed by atoms with Gasteiger partial charge in [-0.2, -0.15) is 13.2 Å². The van der Waals surface area contributed by atoms with Crippen LogP contribution in [-0.4, -0.2) is 16.8 Å². The molecule has 24 heavy (non-hydrogen) atoms. The number of rotatable bonds is 3. The monoisotopic (exact) mass is 342 g/mol. The summed E-state index contributed by atoms with van der Waals surface area (Å²) in [6.07, 6.45) is -3.82. The summed E-state index contributed by atoms with van der Waals surface area (Å²) in [5.74, 6) is -5.38. The number of carbonyl (C=O) groups excluding carboxylic acids is 1. The van der Waals surface area contributed by atoms with E-state index >= 15 is 0 Å². The van der Waals surface area contributed by atoms with Gasteiger partial charge in [0.1, 0.15) is 5.92 Å². The number of aromatic nitrogens is 1. The lowest BCUT2D eigenvalue weighted by Crippen LogP contribution is -2.18. The van der Waals surface area contributed by atoms with Crippen LogP contribution >= 0.6 is 0 Å². The van der Waals surface area contributed by atoms with Crippen molar-refractivity contribution in [2.45, 2.75) is 18.5 Å². The normalized spacial score (nSPS) is 19.0. The summed E-state index contributed by atoms with van der Waals surface area (Å²) >= 11 is 0. The van der Waals surface area contributed by atoms with E-state index in [-0.39, 0.29) is 16.9 Å². The largest absolute Gasteiger partial charge is 0.417 e. The van der Waals surface area contributed by atoms with Crippen molar-refractivity contribution in [1.82, 2.24) is 4.98 Å². The maximum absolute atomic E-state index is 13.2. The van der Waals surface area contributed by atoms with Crippen LogP contribution in [0.1, 0.15) is 12.0 Å². The number of pyridine rings is 1. The third kappa shape index (κ3) is 3.22. The molecule has 0 aliphatic heterocycles. The first-order valence-corrected chi connectivity index (χ1v) is 7.00. The van der Waals surface area contributed by atoms with Crippen molar-refractivity contribution in [3.63, 3.8) is 0 Å². The summed E-state index contributed by atoms with van der Waals surface area (Å²) in [7, 11) is 0. The second-order valence-electron chi connectivity index (χ2n) is 5.48. The average Bonchev–Trinajstić information content (AvgIpc) is 3.16. The Morgan fingerprint density at radius 2 is 1.92 bits per heavy atom. The van der Waals surface area contributed by atoms with Crippen LogP contribution in [0.15, 0.2) is 42.6 Å². The van der Waals surface area contributed by atoms with Crippen molar-refractivity contribution < 1.29 is 26.7 Å². The Bertz CT molecular complexity index is 774. The van der Waals surface area contributed by atoms with E-state index in [4.69, 9.17) is 0 Å². The van der Waals surface area contributed by atoms with Gasteiger partial charge in [0.15, 0.2) is 0 Å². The Morgan fingerprint density at radius 1 is 1.21 bits per heavy atom. The Labute approximate surface area is 133 Å². The number of hydrogen-bond donors (Lipinski definition) is 1. The molecule has 1 heterocycles. The van der Waals surface area contributed by atoms with Gasteiger partial charge in [-0.15, -0.1) is 0 Å². The molecule has 3 nitrogen and oxygen atoms in total. The van der Waals surface area contributed by atoms with Crippen LogP contribution in [0.5, 0.6) is 0 Å². The molecule has 1 aliphatic carbocycles. The van der Waals surface area contributed by atoms with Gasteiger partial charge in [0.05, 0.1) is 11.3 Å². The molecule has 2 aromatic rings. The standard InChI is InChI=1S/C16H11F5N2O/c17-15(18)8-12(15)14(24)23-9-4-5-11(16(19,20)21)10(7-9)13-3-1-2-6-22-13/h1-7,12H,8H2,(H,23,24)/t12-/m0/s1. The van der Waals surface area contributed by atoms with Gasteiger partial charge in [-0.1, -0.05) is 6.07 Å². The van der Waals surface area contributed by atoms with Crippen LogP contribution in [0.4, 0.5) is 27.6 Å². The van der Waals surface area contributed by atoms with Crippen LogP contribution in [0.2, 0.25) is 0 Å². The number of halogens is 5. The predicted molar refractivity (Wildman–Crippen MR) is 76.4 cm³/mol. The van der Waals surface area contributed by atoms with E-state index < -0.39 is 35.9 Å². The molecule has 1 aromatic carbocycles. The van der Waals surface area contributed by atoms with Crippen LogP contribution in [-0.2, 0) is 11.0 Å². The van der Waals surface area contributed by atoms with Gasteiger partial charge in [-0.25, -0.2) is 8.78 Å². The summed E-state index contributed by atoms with van der Waals surface area (Å²) in [5, 5.41) is 2.23.